The second-order valence-electron chi connectivity index (χ2n) is 5.38. The summed E-state index contributed by atoms with van der Waals surface area (Å²) in [5, 5.41) is 0. The molecule has 0 heterocycles. The van der Waals surface area contributed by atoms with E-state index in [9.17, 15) is 9.18 Å². The molecular weight excluding hydrogens is 245 g/mol. The zero-order valence-electron chi connectivity index (χ0n) is 11.7. The van der Waals surface area contributed by atoms with Gasteiger partial charge in [-0.2, -0.15) is 0 Å². The van der Waals surface area contributed by atoms with Crippen LogP contribution in [0.25, 0.3) is 0 Å². The Morgan fingerprint density at radius 1 is 1.42 bits per heavy atom. The predicted octanol–water partition coefficient (Wildman–Crippen LogP) is 1.74. The molecule has 0 aliphatic heterocycles. The van der Waals surface area contributed by atoms with Crippen molar-refractivity contribution in [2.24, 2.45) is 16.9 Å². The molecule has 0 atom stereocenters. The molecule has 0 aliphatic carbocycles. The largest absolute Gasteiger partial charge is 0.370 e. The van der Waals surface area contributed by atoms with Gasteiger partial charge in [-0.25, -0.2) is 4.39 Å². The van der Waals surface area contributed by atoms with Gasteiger partial charge in [-0.3, -0.25) is 4.79 Å². The van der Waals surface area contributed by atoms with E-state index in [4.69, 9.17) is 11.5 Å². The average molecular weight is 267 g/mol. The molecule has 0 saturated heterocycles. The van der Waals surface area contributed by atoms with E-state index in [1.54, 1.807) is 12.1 Å². The van der Waals surface area contributed by atoms with Gasteiger partial charge in [-0.05, 0) is 31.0 Å². The molecule has 19 heavy (non-hydrogen) atoms. The molecule has 1 amide bonds. The molecule has 1 rings (SSSR count). The molecule has 0 saturated carbocycles. The summed E-state index contributed by atoms with van der Waals surface area (Å²) in [6, 6.07) is 4.53. The first kappa shape index (κ1) is 15.4. The minimum Gasteiger partial charge on any atom is -0.370 e. The molecular formula is C14H22FN3O. The summed E-state index contributed by atoms with van der Waals surface area (Å²) >= 11 is 0. The molecule has 0 aliphatic rings. The van der Waals surface area contributed by atoms with E-state index in [1.807, 2.05) is 25.7 Å². The highest BCUT2D eigenvalue weighted by Crippen LogP contribution is 2.26. The Morgan fingerprint density at radius 2 is 2.05 bits per heavy atom. The van der Waals surface area contributed by atoms with Gasteiger partial charge in [-0.1, -0.05) is 19.9 Å². The Bertz CT molecular complexity index is 460. The molecule has 5 heteroatoms. The first-order valence-corrected chi connectivity index (χ1v) is 6.35. The van der Waals surface area contributed by atoms with Gasteiger partial charge < -0.3 is 16.4 Å². The molecule has 1 aromatic carbocycles. The lowest BCUT2D eigenvalue weighted by atomic mass is 9.92. The minimum atomic E-state index is -0.753. The van der Waals surface area contributed by atoms with Gasteiger partial charge in [0.2, 0.25) is 0 Å². The van der Waals surface area contributed by atoms with Gasteiger partial charge in [0.1, 0.15) is 5.82 Å². The second-order valence-corrected chi connectivity index (χ2v) is 5.38. The van der Waals surface area contributed by atoms with Gasteiger partial charge in [0.15, 0.2) is 0 Å². The number of halogens is 1. The van der Waals surface area contributed by atoms with Crippen LogP contribution in [0, 0.1) is 11.2 Å². The fourth-order valence-electron chi connectivity index (χ4n) is 1.97. The van der Waals surface area contributed by atoms with Crippen molar-refractivity contribution in [3.8, 4) is 0 Å². The number of rotatable bonds is 6. The quantitative estimate of drug-likeness (QED) is 0.824. The van der Waals surface area contributed by atoms with Crippen LogP contribution in [0.5, 0.6) is 0 Å². The normalized spacial score (nSPS) is 11.4. The zero-order chi connectivity index (χ0) is 14.6. The molecule has 0 radical (unpaired) electrons. The standard InChI is InChI=1S/C14H22FN3O/c1-4-18(9-14(2,3)8-16)11-7-5-6-10(15)12(11)13(17)19/h5-7H,4,8-9,16H2,1-3H3,(H2,17,19). The third-order valence-electron chi connectivity index (χ3n) is 3.13. The Balaban J connectivity index is 3.19. The number of carbonyl (C=O) groups excluding carboxylic acids is 1. The summed E-state index contributed by atoms with van der Waals surface area (Å²) < 4.78 is 13.8. The van der Waals surface area contributed by atoms with Gasteiger partial charge in [-0.15, -0.1) is 0 Å². The topological polar surface area (TPSA) is 72.3 Å². The van der Waals surface area contributed by atoms with E-state index in [1.165, 1.54) is 6.07 Å². The van der Waals surface area contributed by atoms with Crippen molar-refractivity contribution >= 4 is 11.6 Å². The van der Waals surface area contributed by atoms with Gasteiger partial charge in [0.25, 0.3) is 5.91 Å². The zero-order valence-corrected chi connectivity index (χ0v) is 11.7. The third-order valence-corrected chi connectivity index (χ3v) is 3.13. The number of carbonyl (C=O) groups is 1. The molecule has 4 nitrogen and oxygen atoms in total. The van der Waals surface area contributed by atoms with Crippen LogP contribution in [0.2, 0.25) is 0 Å². The fourth-order valence-corrected chi connectivity index (χ4v) is 1.97. The SMILES string of the molecule is CCN(CC(C)(C)CN)c1cccc(F)c1C(N)=O. The number of nitrogens with two attached hydrogens (primary N) is 2. The highest BCUT2D eigenvalue weighted by Gasteiger charge is 2.23. The maximum Gasteiger partial charge on any atom is 0.253 e. The number of nitrogens with zero attached hydrogens (tertiary/aromatic N) is 1. The molecule has 1 aromatic rings. The predicted molar refractivity (Wildman–Crippen MR) is 75.6 cm³/mol. The van der Waals surface area contributed by atoms with E-state index in [0.717, 1.165) is 0 Å². The molecule has 0 unspecified atom stereocenters. The number of amides is 1. The van der Waals surface area contributed by atoms with Crippen molar-refractivity contribution in [2.75, 3.05) is 24.5 Å². The first-order valence-electron chi connectivity index (χ1n) is 6.35. The Hall–Kier alpha value is -1.62. The van der Waals surface area contributed by atoms with Crippen molar-refractivity contribution in [3.63, 3.8) is 0 Å². The summed E-state index contributed by atoms with van der Waals surface area (Å²) in [7, 11) is 0. The van der Waals surface area contributed by atoms with Gasteiger partial charge >= 0.3 is 0 Å². The van der Waals surface area contributed by atoms with Crippen LogP contribution in [0.1, 0.15) is 31.1 Å². The van der Waals surface area contributed by atoms with Crippen LogP contribution in [0.4, 0.5) is 10.1 Å². The maximum absolute atomic E-state index is 13.8. The summed E-state index contributed by atoms with van der Waals surface area (Å²) in [5.74, 6) is -1.34. The van der Waals surface area contributed by atoms with Crippen LogP contribution < -0.4 is 16.4 Å². The number of primary amides is 1. The molecule has 0 bridgehead atoms. The van der Waals surface area contributed by atoms with Gasteiger partial charge in [0.05, 0.1) is 11.3 Å². The average Bonchev–Trinajstić information content (AvgIpc) is 2.35. The van der Waals surface area contributed by atoms with Crippen molar-refractivity contribution in [2.45, 2.75) is 20.8 Å². The van der Waals surface area contributed by atoms with E-state index >= 15 is 0 Å². The molecule has 0 aromatic heterocycles. The van der Waals surface area contributed by atoms with E-state index in [2.05, 4.69) is 0 Å². The van der Waals surface area contributed by atoms with Gasteiger partial charge in [0, 0.05) is 13.1 Å². The maximum atomic E-state index is 13.8. The van der Waals surface area contributed by atoms with E-state index in [-0.39, 0.29) is 11.0 Å². The van der Waals surface area contributed by atoms with Crippen molar-refractivity contribution in [3.05, 3.63) is 29.6 Å². The lowest BCUT2D eigenvalue weighted by Gasteiger charge is -2.33. The lowest BCUT2D eigenvalue weighted by Crippen LogP contribution is -2.39. The third kappa shape index (κ3) is 3.67. The second kappa shape index (κ2) is 6.02. The van der Waals surface area contributed by atoms with Crippen molar-refractivity contribution < 1.29 is 9.18 Å². The van der Waals surface area contributed by atoms with Crippen LogP contribution in [0.3, 0.4) is 0 Å². The molecule has 106 valence electrons. The summed E-state index contributed by atoms with van der Waals surface area (Å²) in [4.78, 5) is 13.4. The summed E-state index contributed by atoms with van der Waals surface area (Å²) in [5.41, 5.74) is 11.3. The monoisotopic (exact) mass is 267 g/mol. The summed E-state index contributed by atoms with van der Waals surface area (Å²) in [6.07, 6.45) is 0. The van der Waals surface area contributed by atoms with Crippen molar-refractivity contribution in [1.29, 1.82) is 0 Å². The summed E-state index contributed by atoms with van der Waals surface area (Å²) in [6.45, 7) is 7.78. The molecule has 0 fully saturated rings. The van der Waals surface area contributed by atoms with Crippen molar-refractivity contribution in [1.82, 2.24) is 0 Å². The highest BCUT2D eigenvalue weighted by atomic mass is 19.1. The fraction of sp³-hybridized carbons (Fsp3) is 0.500. The lowest BCUT2D eigenvalue weighted by molar-refractivity contribution is 0.0997. The van der Waals surface area contributed by atoms with Crippen LogP contribution in [-0.2, 0) is 0 Å². The number of anilines is 1. The molecule has 0 spiro atoms. The Labute approximate surface area is 113 Å². The van der Waals surface area contributed by atoms with Crippen LogP contribution in [-0.4, -0.2) is 25.5 Å². The highest BCUT2D eigenvalue weighted by molar-refractivity contribution is 5.99. The van der Waals surface area contributed by atoms with Crippen LogP contribution in [0.15, 0.2) is 18.2 Å². The van der Waals surface area contributed by atoms with Crippen LogP contribution >= 0.6 is 0 Å². The smallest absolute Gasteiger partial charge is 0.253 e. The number of hydrogen-bond donors (Lipinski definition) is 2. The Morgan fingerprint density at radius 3 is 2.53 bits per heavy atom. The first-order chi connectivity index (χ1) is 8.82. The van der Waals surface area contributed by atoms with E-state index in [0.29, 0.717) is 25.3 Å². The number of hydrogen-bond acceptors (Lipinski definition) is 3. The molecule has 4 N–H and O–H groups in total. The van der Waals surface area contributed by atoms with E-state index < -0.39 is 11.7 Å². The minimum absolute atomic E-state index is 0.0582. The number of benzene rings is 1. The Kier molecular flexibility index (Phi) is 4.89.